The van der Waals surface area contributed by atoms with Gasteiger partial charge in [-0.3, -0.25) is 4.79 Å². The van der Waals surface area contributed by atoms with E-state index in [9.17, 15) is 4.79 Å². The van der Waals surface area contributed by atoms with Crippen LogP contribution in [-0.4, -0.2) is 46.7 Å². The van der Waals surface area contributed by atoms with Crippen LogP contribution >= 0.6 is 0 Å². The zero-order valence-corrected chi connectivity index (χ0v) is 12.9. The molecule has 0 bridgehead atoms. The molecule has 1 aromatic heterocycles. The number of carbonyl (C=O) groups is 1. The topological polar surface area (TPSA) is 56.6 Å². The molecule has 6 nitrogen and oxygen atoms in total. The molecule has 1 saturated heterocycles. The number of ether oxygens (including phenoxy) is 2. The standard InChI is InChI=1S/C16H23N3O3/c1-2-7-21-11-14-15-9-18(5-3-6-19(15)12-17-14)16(20)13-4-8-22-10-13/h2,12-13H,1,3-11H2. The van der Waals surface area contributed by atoms with Crippen LogP contribution in [0.2, 0.25) is 0 Å². The van der Waals surface area contributed by atoms with Gasteiger partial charge in [0.25, 0.3) is 0 Å². The smallest absolute Gasteiger partial charge is 0.228 e. The Morgan fingerprint density at radius 3 is 3.23 bits per heavy atom. The van der Waals surface area contributed by atoms with E-state index in [1.807, 2.05) is 11.2 Å². The molecule has 0 radical (unpaired) electrons. The number of hydrogen-bond donors (Lipinski definition) is 0. The number of nitrogens with zero attached hydrogens (tertiary/aromatic N) is 3. The number of hydrogen-bond acceptors (Lipinski definition) is 4. The lowest BCUT2D eigenvalue weighted by Crippen LogP contribution is -2.36. The number of aromatic nitrogens is 2. The normalized spacial score (nSPS) is 21.5. The van der Waals surface area contributed by atoms with E-state index < -0.39 is 0 Å². The van der Waals surface area contributed by atoms with Crippen molar-refractivity contribution in [1.82, 2.24) is 14.5 Å². The number of amides is 1. The summed E-state index contributed by atoms with van der Waals surface area (Å²) >= 11 is 0. The number of fused-ring (bicyclic) bond motifs is 1. The lowest BCUT2D eigenvalue weighted by Gasteiger charge is -2.23. The van der Waals surface area contributed by atoms with Crippen molar-refractivity contribution in [3.05, 3.63) is 30.4 Å². The fraction of sp³-hybridized carbons (Fsp3) is 0.625. The lowest BCUT2D eigenvalue weighted by atomic mass is 10.1. The minimum absolute atomic E-state index is 0.0231. The predicted molar refractivity (Wildman–Crippen MR) is 81.0 cm³/mol. The van der Waals surface area contributed by atoms with Gasteiger partial charge in [0.1, 0.15) is 0 Å². The van der Waals surface area contributed by atoms with Crippen LogP contribution in [0, 0.1) is 5.92 Å². The Morgan fingerprint density at radius 2 is 2.45 bits per heavy atom. The van der Waals surface area contributed by atoms with E-state index in [-0.39, 0.29) is 11.8 Å². The quantitative estimate of drug-likeness (QED) is 0.609. The first-order chi connectivity index (χ1) is 10.8. The van der Waals surface area contributed by atoms with Gasteiger partial charge in [0, 0.05) is 19.7 Å². The molecule has 3 heterocycles. The summed E-state index contributed by atoms with van der Waals surface area (Å²) < 4.78 is 13.0. The van der Waals surface area contributed by atoms with Gasteiger partial charge in [-0.25, -0.2) is 4.98 Å². The van der Waals surface area contributed by atoms with E-state index in [0.717, 1.165) is 37.3 Å². The molecule has 1 unspecified atom stereocenters. The minimum Gasteiger partial charge on any atom is -0.381 e. The van der Waals surface area contributed by atoms with Gasteiger partial charge in [-0.1, -0.05) is 6.08 Å². The summed E-state index contributed by atoms with van der Waals surface area (Å²) in [5.74, 6) is 0.236. The molecule has 120 valence electrons. The highest BCUT2D eigenvalue weighted by Crippen LogP contribution is 2.21. The van der Waals surface area contributed by atoms with E-state index in [1.165, 1.54) is 0 Å². The molecular weight excluding hydrogens is 282 g/mol. The van der Waals surface area contributed by atoms with Crippen LogP contribution < -0.4 is 0 Å². The molecule has 1 fully saturated rings. The Labute approximate surface area is 130 Å². The predicted octanol–water partition coefficient (Wildman–Crippen LogP) is 1.35. The van der Waals surface area contributed by atoms with Gasteiger partial charge >= 0.3 is 0 Å². The number of rotatable bonds is 5. The highest BCUT2D eigenvalue weighted by Gasteiger charge is 2.30. The average Bonchev–Trinajstić information content (AvgIpc) is 3.13. The third-order valence-electron chi connectivity index (χ3n) is 4.27. The number of imidazole rings is 1. The van der Waals surface area contributed by atoms with E-state index in [2.05, 4.69) is 16.1 Å². The summed E-state index contributed by atoms with van der Waals surface area (Å²) in [6, 6.07) is 0. The van der Waals surface area contributed by atoms with Crippen molar-refractivity contribution in [2.45, 2.75) is 32.5 Å². The van der Waals surface area contributed by atoms with Crippen molar-refractivity contribution in [2.75, 3.05) is 26.4 Å². The van der Waals surface area contributed by atoms with Crippen LogP contribution in [0.1, 0.15) is 24.2 Å². The summed E-state index contributed by atoms with van der Waals surface area (Å²) in [5.41, 5.74) is 2.01. The lowest BCUT2D eigenvalue weighted by molar-refractivity contribution is -0.136. The Morgan fingerprint density at radius 1 is 1.55 bits per heavy atom. The molecule has 3 rings (SSSR count). The number of carbonyl (C=O) groups excluding carboxylic acids is 1. The molecule has 1 amide bonds. The SMILES string of the molecule is C=CCOCc1ncn2c1CN(C(=O)C1CCOC1)CCC2. The maximum Gasteiger partial charge on any atom is 0.228 e. The summed E-state index contributed by atoms with van der Waals surface area (Å²) in [4.78, 5) is 19.0. The molecule has 2 aliphatic heterocycles. The summed E-state index contributed by atoms with van der Waals surface area (Å²) in [6.45, 7) is 8.18. The largest absolute Gasteiger partial charge is 0.381 e. The van der Waals surface area contributed by atoms with Gasteiger partial charge in [-0.2, -0.15) is 0 Å². The van der Waals surface area contributed by atoms with Crippen molar-refractivity contribution in [3.63, 3.8) is 0 Å². The first-order valence-corrected chi connectivity index (χ1v) is 7.87. The second-order valence-corrected chi connectivity index (χ2v) is 5.81. The zero-order valence-electron chi connectivity index (χ0n) is 12.9. The molecular formula is C16H23N3O3. The van der Waals surface area contributed by atoms with Crippen LogP contribution in [0.5, 0.6) is 0 Å². The molecule has 1 atom stereocenters. The molecule has 22 heavy (non-hydrogen) atoms. The molecule has 0 aromatic carbocycles. The monoisotopic (exact) mass is 305 g/mol. The minimum atomic E-state index is 0.0231. The second kappa shape index (κ2) is 7.07. The summed E-state index contributed by atoms with van der Waals surface area (Å²) in [6.07, 6.45) is 5.37. The van der Waals surface area contributed by atoms with Crippen LogP contribution in [0.25, 0.3) is 0 Å². The molecule has 6 heteroatoms. The van der Waals surface area contributed by atoms with Gasteiger partial charge in [0.15, 0.2) is 0 Å². The van der Waals surface area contributed by atoms with E-state index in [0.29, 0.717) is 33.0 Å². The fourth-order valence-corrected chi connectivity index (χ4v) is 3.05. The van der Waals surface area contributed by atoms with Crippen molar-refractivity contribution in [3.8, 4) is 0 Å². The molecule has 0 N–H and O–H groups in total. The maximum atomic E-state index is 12.6. The van der Waals surface area contributed by atoms with Crippen molar-refractivity contribution < 1.29 is 14.3 Å². The van der Waals surface area contributed by atoms with Crippen LogP contribution in [0.15, 0.2) is 19.0 Å². The number of aryl methyl sites for hydroxylation is 1. The van der Waals surface area contributed by atoms with Crippen LogP contribution in [0.3, 0.4) is 0 Å². The highest BCUT2D eigenvalue weighted by molar-refractivity contribution is 5.79. The molecule has 0 saturated carbocycles. The van der Waals surface area contributed by atoms with Gasteiger partial charge in [0.05, 0.1) is 50.0 Å². The highest BCUT2D eigenvalue weighted by atomic mass is 16.5. The first kappa shape index (κ1) is 15.2. The Kier molecular flexibility index (Phi) is 4.90. The summed E-state index contributed by atoms with van der Waals surface area (Å²) in [5, 5.41) is 0. The van der Waals surface area contributed by atoms with Gasteiger partial charge in [-0.05, 0) is 12.8 Å². The van der Waals surface area contributed by atoms with Crippen LogP contribution in [0.4, 0.5) is 0 Å². The van der Waals surface area contributed by atoms with Crippen LogP contribution in [-0.2, 0) is 34.0 Å². The Hall–Kier alpha value is -1.66. The van der Waals surface area contributed by atoms with E-state index >= 15 is 0 Å². The van der Waals surface area contributed by atoms with Gasteiger partial charge < -0.3 is 18.9 Å². The van der Waals surface area contributed by atoms with Gasteiger partial charge in [0.2, 0.25) is 5.91 Å². The van der Waals surface area contributed by atoms with Crippen molar-refractivity contribution in [1.29, 1.82) is 0 Å². The molecule has 2 aliphatic rings. The van der Waals surface area contributed by atoms with E-state index in [4.69, 9.17) is 9.47 Å². The zero-order chi connectivity index (χ0) is 15.4. The van der Waals surface area contributed by atoms with Crippen molar-refractivity contribution in [2.24, 2.45) is 5.92 Å². The Bertz CT molecular complexity index is 535. The first-order valence-electron chi connectivity index (χ1n) is 7.87. The molecule has 1 aromatic rings. The summed E-state index contributed by atoms with van der Waals surface area (Å²) in [7, 11) is 0. The Balaban J connectivity index is 1.71. The molecule has 0 aliphatic carbocycles. The average molecular weight is 305 g/mol. The third kappa shape index (κ3) is 3.23. The van der Waals surface area contributed by atoms with E-state index in [1.54, 1.807) is 6.08 Å². The second-order valence-electron chi connectivity index (χ2n) is 5.81. The fourth-order valence-electron chi connectivity index (χ4n) is 3.05. The molecule has 0 spiro atoms. The van der Waals surface area contributed by atoms with Crippen molar-refractivity contribution >= 4 is 5.91 Å². The van der Waals surface area contributed by atoms with Gasteiger partial charge in [-0.15, -0.1) is 6.58 Å². The maximum absolute atomic E-state index is 12.6. The third-order valence-corrected chi connectivity index (χ3v) is 4.27.